The second-order valence-corrected chi connectivity index (χ2v) is 12.9. The number of amides is 2. The third-order valence-corrected chi connectivity index (χ3v) is 6.60. The number of alkyl carbamates (subject to hydrolysis) is 1. The lowest BCUT2D eigenvalue weighted by Crippen LogP contribution is -2.46. The van der Waals surface area contributed by atoms with Gasteiger partial charge in [-0.05, 0) is 78.1 Å². The van der Waals surface area contributed by atoms with Crippen LogP contribution in [0.1, 0.15) is 77.4 Å². The highest BCUT2D eigenvalue weighted by Gasteiger charge is 2.37. The van der Waals surface area contributed by atoms with Crippen LogP contribution < -0.4 is 10.1 Å². The van der Waals surface area contributed by atoms with Gasteiger partial charge in [-0.1, -0.05) is 35.5 Å². The number of carbonyl (C=O) groups is 2. The number of nitrogens with one attached hydrogen (secondary N) is 1. The molecule has 48 heavy (non-hydrogen) atoms. The molecule has 0 radical (unpaired) electrons. The normalized spacial score (nSPS) is 15.7. The minimum Gasteiger partial charge on any atom is -0.491 e. The van der Waals surface area contributed by atoms with Gasteiger partial charge in [0.05, 0.1) is 18.8 Å². The number of guanidine groups is 1. The van der Waals surface area contributed by atoms with E-state index in [0.717, 1.165) is 11.6 Å². The predicted molar refractivity (Wildman–Crippen MR) is 168 cm³/mol. The molecule has 1 saturated heterocycles. The maximum atomic E-state index is 14.1. The summed E-state index contributed by atoms with van der Waals surface area (Å²) in [6, 6.07) is 12.2. The largest absolute Gasteiger partial charge is 0.491 e. The van der Waals surface area contributed by atoms with Crippen LogP contribution in [0.4, 0.5) is 22.8 Å². The summed E-state index contributed by atoms with van der Waals surface area (Å²) in [5.41, 5.74) is -1.72. The summed E-state index contributed by atoms with van der Waals surface area (Å²) >= 11 is 0. The standard InChI is InChI=1S/C33H40F3N5O7/c1-31(2,3)46-29(42)38-28(39-30(43)47-32(4,5)6)41-16-10-13-24(41)27-37-26(40-48-27)22-14-15-25(23(19-22)33(34,35)36)45-18-17-44-20-21-11-8-7-9-12-21/h7-9,11-12,14-15,19,24H,10,13,16-18,20H2,1-6H3,(H,38,39,42,43)/t24-/m0/s1. The van der Waals surface area contributed by atoms with Gasteiger partial charge < -0.3 is 28.4 Å². The zero-order valence-electron chi connectivity index (χ0n) is 27.7. The van der Waals surface area contributed by atoms with Gasteiger partial charge in [-0.25, -0.2) is 9.59 Å². The topological polar surface area (TPSA) is 138 Å². The number of aromatic nitrogens is 2. The Kier molecular flexibility index (Phi) is 11.3. The fourth-order valence-corrected chi connectivity index (χ4v) is 4.69. The predicted octanol–water partition coefficient (Wildman–Crippen LogP) is 7.30. The summed E-state index contributed by atoms with van der Waals surface area (Å²) < 4.78 is 69.3. The molecule has 0 bridgehead atoms. The average molecular weight is 676 g/mol. The minimum atomic E-state index is -4.73. The van der Waals surface area contributed by atoms with Crippen LogP contribution in [-0.2, 0) is 27.0 Å². The maximum absolute atomic E-state index is 14.1. The molecule has 1 fully saturated rings. The number of benzene rings is 2. The molecular weight excluding hydrogens is 635 g/mol. The smallest absolute Gasteiger partial charge is 0.437 e. The van der Waals surface area contributed by atoms with Gasteiger partial charge in [-0.3, -0.25) is 5.32 Å². The summed E-state index contributed by atoms with van der Waals surface area (Å²) in [7, 11) is 0. The van der Waals surface area contributed by atoms with Crippen LogP contribution >= 0.6 is 0 Å². The summed E-state index contributed by atoms with van der Waals surface area (Å²) in [5.74, 6) is -0.563. The van der Waals surface area contributed by atoms with Crippen molar-refractivity contribution in [2.75, 3.05) is 19.8 Å². The monoisotopic (exact) mass is 675 g/mol. The van der Waals surface area contributed by atoms with Gasteiger partial charge >= 0.3 is 18.4 Å². The van der Waals surface area contributed by atoms with E-state index in [9.17, 15) is 22.8 Å². The molecule has 1 aromatic heterocycles. The Hall–Kier alpha value is -4.66. The third-order valence-electron chi connectivity index (χ3n) is 6.60. The molecule has 0 aliphatic carbocycles. The van der Waals surface area contributed by atoms with E-state index in [2.05, 4.69) is 20.4 Å². The van der Waals surface area contributed by atoms with Crippen molar-refractivity contribution in [3.63, 3.8) is 0 Å². The number of ether oxygens (including phenoxy) is 4. The first-order valence-corrected chi connectivity index (χ1v) is 15.4. The average Bonchev–Trinajstić information content (AvgIpc) is 3.65. The molecule has 2 amide bonds. The van der Waals surface area contributed by atoms with Gasteiger partial charge in [0.25, 0.3) is 0 Å². The number of aliphatic imine (C=N–C) groups is 1. The second-order valence-electron chi connectivity index (χ2n) is 12.9. The quantitative estimate of drug-likeness (QED) is 0.147. The summed E-state index contributed by atoms with van der Waals surface area (Å²) in [6.45, 7) is 10.7. The maximum Gasteiger partial charge on any atom is 0.437 e. The lowest BCUT2D eigenvalue weighted by Gasteiger charge is -2.27. The highest BCUT2D eigenvalue weighted by atomic mass is 19.4. The number of hydrogen-bond acceptors (Lipinski definition) is 9. The van der Waals surface area contributed by atoms with Crippen molar-refractivity contribution >= 4 is 18.1 Å². The van der Waals surface area contributed by atoms with Crippen LogP contribution in [0.2, 0.25) is 0 Å². The van der Waals surface area contributed by atoms with Gasteiger partial charge in [-0.15, -0.1) is 4.99 Å². The lowest BCUT2D eigenvalue weighted by atomic mass is 10.1. The van der Waals surface area contributed by atoms with Gasteiger partial charge in [-0.2, -0.15) is 18.2 Å². The Balaban J connectivity index is 1.51. The van der Waals surface area contributed by atoms with Crippen LogP contribution in [0.25, 0.3) is 11.4 Å². The molecule has 1 aliphatic rings. The van der Waals surface area contributed by atoms with Crippen molar-refractivity contribution in [3.05, 3.63) is 65.5 Å². The number of carbonyl (C=O) groups excluding carboxylic acids is 2. The summed E-state index contributed by atoms with van der Waals surface area (Å²) in [6.07, 6.45) is -5.49. The van der Waals surface area contributed by atoms with Gasteiger partial charge in [0.1, 0.15) is 29.6 Å². The number of alkyl halides is 3. The SMILES string of the molecule is CC(C)(C)OC(=O)/N=C(\NC(=O)OC(C)(C)C)N1CCC[C@H]1c1nc(-c2ccc(OCCOCc3ccccc3)c(C(F)(F)F)c2)no1. The third kappa shape index (κ3) is 10.7. The van der Waals surface area contributed by atoms with Crippen molar-refractivity contribution < 1.29 is 46.2 Å². The van der Waals surface area contributed by atoms with Crippen molar-refractivity contribution in [2.24, 2.45) is 4.99 Å². The van der Waals surface area contributed by atoms with Crippen LogP contribution in [0, 0.1) is 0 Å². The van der Waals surface area contributed by atoms with E-state index in [4.69, 9.17) is 23.5 Å². The lowest BCUT2D eigenvalue weighted by molar-refractivity contribution is -0.139. The van der Waals surface area contributed by atoms with Crippen molar-refractivity contribution in [3.8, 4) is 17.1 Å². The molecule has 3 aromatic rings. The molecule has 0 unspecified atom stereocenters. The molecule has 1 atom stereocenters. The zero-order chi connectivity index (χ0) is 35.1. The van der Waals surface area contributed by atoms with Gasteiger partial charge in [0.2, 0.25) is 17.7 Å². The molecule has 2 aromatic carbocycles. The van der Waals surface area contributed by atoms with E-state index in [1.54, 1.807) is 46.4 Å². The summed E-state index contributed by atoms with van der Waals surface area (Å²) in [4.78, 5) is 35.2. The first kappa shape index (κ1) is 36.2. The van der Waals surface area contributed by atoms with E-state index in [1.807, 2.05) is 30.3 Å². The molecule has 12 nitrogen and oxygen atoms in total. The Morgan fingerprint density at radius 3 is 2.38 bits per heavy atom. The van der Waals surface area contributed by atoms with Gasteiger partial charge in [0, 0.05) is 12.1 Å². The molecule has 4 rings (SSSR count). The Bertz CT molecular complexity index is 1580. The number of nitrogens with zero attached hydrogens (tertiary/aromatic N) is 4. The first-order chi connectivity index (χ1) is 22.5. The number of rotatable bonds is 8. The minimum absolute atomic E-state index is 0.0454. The van der Waals surface area contributed by atoms with Crippen molar-refractivity contribution in [2.45, 2.75) is 84.4 Å². The molecule has 0 spiro atoms. The summed E-state index contributed by atoms with van der Waals surface area (Å²) in [5, 5.41) is 6.44. The van der Waals surface area contributed by atoms with Gasteiger partial charge in [0.15, 0.2) is 0 Å². The molecule has 260 valence electrons. The van der Waals surface area contributed by atoms with Crippen LogP contribution in [-0.4, -0.2) is 64.1 Å². The molecule has 2 heterocycles. The number of likely N-dealkylation sites (tertiary alicyclic amines) is 1. The highest BCUT2D eigenvalue weighted by molar-refractivity contribution is 5.99. The fourth-order valence-electron chi connectivity index (χ4n) is 4.69. The Morgan fingerprint density at radius 1 is 1.00 bits per heavy atom. The first-order valence-electron chi connectivity index (χ1n) is 15.4. The van der Waals surface area contributed by atoms with Crippen LogP contribution in [0.3, 0.4) is 0 Å². The number of hydrogen-bond donors (Lipinski definition) is 1. The molecular formula is C33H40F3N5O7. The van der Waals surface area contributed by atoms with E-state index in [1.165, 1.54) is 12.1 Å². The molecule has 1 aliphatic heterocycles. The van der Waals surface area contributed by atoms with E-state index in [0.29, 0.717) is 26.0 Å². The van der Waals surface area contributed by atoms with E-state index >= 15 is 0 Å². The van der Waals surface area contributed by atoms with E-state index in [-0.39, 0.29) is 42.2 Å². The zero-order valence-corrected chi connectivity index (χ0v) is 27.7. The Morgan fingerprint density at radius 2 is 1.71 bits per heavy atom. The van der Waals surface area contributed by atoms with Crippen molar-refractivity contribution in [1.82, 2.24) is 20.4 Å². The van der Waals surface area contributed by atoms with E-state index < -0.39 is 41.2 Å². The van der Waals surface area contributed by atoms with Crippen LogP contribution in [0.15, 0.2) is 58.0 Å². The Labute approximate surface area is 276 Å². The second kappa shape index (κ2) is 15.0. The van der Waals surface area contributed by atoms with Crippen LogP contribution in [0.5, 0.6) is 5.75 Å². The highest BCUT2D eigenvalue weighted by Crippen LogP contribution is 2.39. The van der Waals surface area contributed by atoms with Crippen molar-refractivity contribution in [1.29, 1.82) is 0 Å². The molecule has 15 heteroatoms. The fraction of sp³-hybridized carbons (Fsp3) is 0.485. The number of halogens is 3. The molecule has 0 saturated carbocycles. The molecule has 1 N–H and O–H groups in total.